The van der Waals surface area contributed by atoms with Crippen LogP contribution in [0, 0.1) is 0 Å². The number of rotatable bonds is 8. The normalized spacial score (nSPS) is 10.2. The number of nitrogens with one attached hydrogen (secondary N) is 1. The van der Waals surface area contributed by atoms with Gasteiger partial charge in [-0.15, -0.1) is 0 Å². The molecule has 0 heterocycles. The second-order valence-corrected chi connectivity index (χ2v) is 6.02. The maximum Gasteiger partial charge on any atom is 0.221 e. The molecule has 2 aromatic rings. The van der Waals surface area contributed by atoms with Crippen molar-refractivity contribution in [3.63, 3.8) is 0 Å². The lowest BCUT2D eigenvalue weighted by molar-refractivity contribution is -0.120. The van der Waals surface area contributed by atoms with Gasteiger partial charge in [-0.2, -0.15) is 11.8 Å². The molecule has 0 aliphatic rings. The van der Waals surface area contributed by atoms with E-state index in [1.807, 2.05) is 42.5 Å². The molecule has 0 atom stereocenters. The molecule has 0 aromatic heterocycles. The van der Waals surface area contributed by atoms with E-state index in [2.05, 4.69) is 17.4 Å². The van der Waals surface area contributed by atoms with Crippen molar-refractivity contribution in [1.82, 2.24) is 5.32 Å². The van der Waals surface area contributed by atoms with E-state index < -0.39 is 0 Å². The van der Waals surface area contributed by atoms with Crippen molar-refractivity contribution in [2.75, 3.05) is 12.9 Å². The molecule has 0 aliphatic carbocycles. The predicted octanol–water partition coefficient (Wildman–Crippen LogP) is 3.63. The average molecular weight is 315 g/mol. The Morgan fingerprint density at radius 2 is 1.77 bits per heavy atom. The molecule has 22 heavy (non-hydrogen) atoms. The number of hydrogen-bond acceptors (Lipinski definition) is 3. The second-order valence-electron chi connectivity index (χ2n) is 4.91. The molecule has 2 rings (SSSR count). The van der Waals surface area contributed by atoms with Crippen LogP contribution >= 0.6 is 11.8 Å². The van der Waals surface area contributed by atoms with Crippen LogP contribution in [0.1, 0.15) is 17.5 Å². The molecule has 0 aliphatic heterocycles. The van der Waals surface area contributed by atoms with Gasteiger partial charge >= 0.3 is 0 Å². The first kappa shape index (κ1) is 16.4. The van der Waals surface area contributed by atoms with Gasteiger partial charge in [0.25, 0.3) is 0 Å². The van der Waals surface area contributed by atoms with Gasteiger partial charge in [0.2, 0.25) is 5.91 Å². The summed E-state index contributed by atoms with van der Waals surface area (Å²) >= 11 is 1.78. The van der Waals surface area contributed by atoms with Gasteiger partial charge in [0.1, 0.15) is 5.75 Å². The van der Waals surface area contributed by atoms with E-state index >= 15 is 0 Å². The van der Waals surface area contributed by atoms with Crippen molar-refractivity contribution >= 4 is 17.7 Å². The van der Waals surface area contributed by atoms with Crippen molar-refractivity contribution in [2.45, 2.75) is 18.7 Å². The molecule has 3 nitrogen and oxygen atoms in total. The van der Waals surface area contributed by atoms with Gasteiger partial charge in [-0.3, -0.25) is 4.79 Å². The first-order chi connectivity index (χ1) is 10.8. The minimum Gasteiger partial charge on any atom is -0.497 e. The van der Waals surface area contributed by atoms with Crippen LogP contribution in [0.15, 0.2) is 54.6 Å². The minimum atomic E-state index is 0.0939. The third-order valence-corrected chi connectivity index (χ3v) is 4.26. The fourth-order valence-electron chi connectivity index (χ4n) is 1.96. The van der Waals surface area contributed by atoms with Gasteiger partial charge in [0, 0.05) is 24.5 Å². The van der Waals surface area contributed by atoms with Gasteiger partial charge in [0.15, 0.2) is 0 Å². The number of benzene rings is 2. The molecule has 1 N–H and O–H groups in total. The van der Waals surface area contributed by atoms with Crippen LogP contribution in [0.2, 0.25) is 0 Å². The summed E-state index contributed by atoms with van der Waals surface area (Å²) in [4.78, 5) is 11.8. The third kappa shape index (κ3) is 5.82. The van der Waals surface area contributed by atoms with Crippen LogP contribution in [0.3, 0.4) is 0 Å². The van der Waals surface area contributed by atoms with Gasteiger partial charge in [0.05, 0.1) is 7.11 Å². The highest BCUT2D eigenvalue weighted by Crippen LogP contribution is 2.13. The first-order valence-electron chi connectivity index (χ1n) is 7.29. The van der Waals surface area contributed by atoms with Crippen LogP contribution in [-0.2, 0) is 17.1 Å². The summed E-state index contributed by atoms with van der Waals surface area (Å²) in [7, 11) is 1.64. The molecule has 2 aromatic carbocycles. The van der Waals surface area contributed by atoms with Crippen LogP contribution in [0.25, 0.3) is 0 Å². The third-order valence-electron chi connectivity index (χ3n) is 3.23. The fraction of sp³-hybridized carbons (Fsp3) is 0.278. The number of thioether (sulfide) groups is 1. The molecule has 0 spiro atoms. The quantitative estimate of drug-likeness (QED) is 0.756. The lowest BCUT2D eigenvalue weighted by Gasteiger charge is -2.06. The summed E-state index contributed by atoms with van der Waals surface area (Å²) in [6.45, 7) is 0.562. The topological polar surface area (TPSA) is 38.3 Å². The van der Waals surface area contributed by atoms with Crippen molar-refractivity contribution in [3.05, 3.63) is 65.7 Å². The van der Waals surface area contributed by atoms with Crippen molar-refractivity contribution < 1.29 is 9.53 Å². The van der Waals surface area contributed by atoms with Gasteiger partial charge in [-0.05, 0) is 23.3 Å². The predicted molar refractivity (Wildman–Crippen MR) is 92.1 cm³/mol. The maximum absolute atomic E-state index is 11.8. The van der Waals surface area contributed by atoms with E-state index in [1.165, 1.54) is 5.56 Å². The Kier molecular flexibility index (Phi) is 6.84. The Morgan fingerprint density at radius 3 is 2.45 bits per heavy atom. The molecule has 0 bridgehead atoms. The zero-order valence-corrected chi connectivity index (χ0v) is 13.6. The van der Waals surface area contributed by atoms with Crippen molar-refractivity contribution in [2.24, 2.45) is 0 Å². The van der Waals surface area contributed by atoms with E-state index in [1.54, 1.807) is 18.9 Å². The molecule has 116 valence electrons. The summed E-state index contributed by atoms with van der Waals surface area (Å²) < 4.78 is 5.11. The average Bonchev–Trinajstić information content (AvgIpc) is 2.58. The first-order valence-corrected chi connectivity index (χ1v) is 8.44. The smallest absolute Gasteiger partial charge is 0.221 e. The molecular formula is C18H21NO2S. The number of ether oxygens (including phenoxy) is 1. The molecule has 0 saturated heterocycles. The number of carbonyl (C=O) groups is 1. The Bertz CT molecular complexity index is 569. The summed E-state index contributed by atoms with van der Waals surface area (Å²) in [5.74, 6) is 2.71. The summed E-state index contributed by atoms with van der Waals surface area (Å²) in [5, 5.41) is 2.94. The van der Waals surface area contributed by atoms with Crippen molar-refractivity contribution in [3.8, 4) is 5.75 Å². The SMILES string of the molecule is COc1ccc(CNC(=O)CCSCc2ccccc2)cc1. The minimum absolute atomic E-state index is 0.0939. The van der Waals surface area contributed by atoms with Gasteiger partial charge in [-0.1, -0.05) is 42.5 Å². The summed E-state index contributed by atoms with van der Waals surface area (Å²) in [5.41, 5.74) is 2.37. The van der Waals surface area contributed by atoms with E-state index in [-0.39, 0.29) is 5.91 Å². The molecular weight excluding hydrogens is 294 g/mol. The second kappa shape index (κ2) is 9.15. The Balaban J connectivity index is 1.61. The van der Waals surface area contributed by atoms with E-state index in [4.69, 9.17) is 4.74 Å². The molecule has 0 unspecified atom stereocenters. The zero-order valence-electron chi connectivity index (χ0n) is 12.7. The Labute approximate surface area is 136 Å². The molecule has 4 heteroatoms. The number of hydrogen-bond donors (Lipinski definition) is 1. The number of methoxy groups -OCH3 is 1. The van der Waals surface area contributed by atoms with Crippen LogP contribution < -0.4 is 10.1 Å². The molecule has 0 fully saturated rings. The van der Waals surface area contributed by atoms with Crippen molar-refractivity contribution in [1.29, 1.82) is 0 Å². The lowest BCUT2D eigenvalue weighted by Crippen LogP contribution is -2.22. The Morgan fingerprint density at radius 1 is 1.05 bits per heavy atom. The number of carbonyl (C=O) groups excluding carboxylic acids is 1. The highest BCUT2D eigenvalue weighted by Gasteiger charge is 2.02. The zero-order chi connectivity index (χ0) is 15.6. The van der Waals surface area contributed by atoms with Crippen LogP contribution in [0.5, 0.6) is 5.75 Å². The summed E-state index contributed by atoms with van der Waals surface area (Å²) in [6, 6.07) is 18.0. The van der Waals surface area contributed by atoms with Gasteiger partial charge in [-0.25, -0.2) is 0 Å². The fourth-order valence-corrected chi connectivity index (χ4v) is 2.86. The molecule has 1 amide bonds. The number of amides is 1. The largest absolute Gasteiger partial charge is 0.497 e. The van der Waals surface area contributed by atoms with Crippen LogP contribution in [-0.4, -0.2) is 18.8 Å². The lowest BCUT2D eigenvalue weighted by atomic mass is 10.2. The molecule has 0 saturated carbocycles. The monoisotopic (exact) mass is 315 g/mol. The highest BCUT2D eigenvalue weighted by atomic mass is 32.2. The maximum atomic E-state index is 11.8. The van der Waals surface area contributed by atoms with Gasteiger partial charge < -0.3 is 10.1 Å². The van der Waals surface area contributed by atoms with E-state index in [0.29, 0.717) is 13.0 Å². The van der Waals surface area contributed by atoms with Crippen LogP contribution in [0.4, 0.5) is 0 Å². The standard InChI is InChI=1S/C18H21NO2S/c1-21-17-9-7-15(8-10-17)13-19-18(20)11-12-22-14-16-5-3-2-4-6-16/h2-10H,11-14H2,1H3,(H,19,20). The summed E-state index contributed by atoms with van der Waals surface area (Å²) in [6.07, 6.45) is 0.549. The van der Waals surface area contributed by atoms with E-state index in [9.17, 15) is 4.79 Å². The highest BCUT2D eigenvalue weighted by molar-refractivity contribution is 7.98. The Hall–Kier alpha value is -1.94. The molecule has 0 radical (unpaired) electrons. The van der Waals surface area contributed by atoms with E-state index in [0.717, 1.165) is 22.8 Å².